The maximum atomic E-state index is 12.0. The molecule has 1 amide bonds. The van der Waals surface area contributed by atoms with E-state index in [-0.39, 0.29) is 11.5 Å². The summed E-state index contributed by atoms with van der Waals surface area (Å²) in [4.78, 5) is 14.0. The number of nitrogens with one attached hydrogen (secondary N) is 1. The molecule has 2 fully saturated rings. The van der Waals surface area contributed by atoms with Gasteiger partial charge in [-0.15, -0.1) is 0 Å². The summed E-state index contributed by atoms with van der Waals surface area (Å²) < 4.78 is 5.97. The van der Waals surface area contributed by atoms with Crippen LogP contribution in [0.3, 0.4) is 0 Å². The van der Waals surface area contributed by atoms with Gasteiger partial charge < -0.3 is 15.0 Å². The molecule has 1 atom stereocenters. The molecule has 19 heavy (non-hydrogen) atoms. The van der Waals surface area contributed by atoms with Crippen LogP contribution in [0, 0.1) is 0 Å². The molecule has 2 aliphatic heterocycles. The van der Waals surface area contributed by atoms with Crippen LogP contribution in [0.15, 0.2) is 0 Å². The van der Waals surface area contributed by atoms with E-state index in [0.717, 1.165) is 58.2 Å². The van der Waals surface area contributed by atoms with Gasteiger partial charge in [0.2, 0.25) is 5.91 Å². The standard InChI is InChI=1S/C15H28N2O2/c1-3-15(4-2)11-13(7-10-19-15)16-12-14(18)17-8-5-6-9-17/h13,16H,3-12H2,1-2H3. The number of hydrogen-bond acceptors (Lipinski definition) is 3. The largest absolute Gasteiger partial charge is 0.375 e. The van der Waals surface area contributed by atoms with Gasteiger partial charge in [0.15, 0.2) is 0 Å². The quantitative estimate of drug-likeness (QED) is 0.828. The number of carbonyl (C=O) groups is 1. The van der Waals surface area contributed by atoms with Crippen LogP contribution < -0.4 is 5.32 Å². The third-order valence-corrected chi connectivity index (χ3v) is 4.78. The van der Waals surface area contributed by atoms with E-state index >= 15 is 0 Å². The van der Waals surface area contributed by atoms with E-state index in [1.165, 1.54) is 0 Å². The lowest BCUT2D eigenvalue weighted by atomic mass is 9.86. The first-order valence-corrected chi connectivity index (χ1v) is 7.84. The van der Waals surface area contributed by atoms with Gasteiger partial charge in [-0.3, -0.25) is 4.79 Å². The van der Waals surface area contributed by atoms with E-state index in [4.69, 9.17) is 4.74 Å². The van der Waals surface area contributed by atoms with Crippen molar-refractivity contribution in [2.75, 3.05) is 26.2 Å². The van der Waals surface area contributed by atoms with Gasteiger partial charge in [0.1, 0.15) is 0 Å². The maximum absolute atomic E-state index is 12.0. The molecule has 2 saturated heterocycles. The molecule has 0 radical (unpaired) electrons. The normalized spacial score (nSPS) is 26.6. The summed E-state index contributed by atoms with van der Waals surface area (Å²) in [7, 11) is 0. The SMILES string of the molecule is CCC1(CC)CC(NCC(=O)N2CCCC2)CCO1. The second kappa shape index (κ2) is 6.71. The molecule has 2 aliphatic rings. The van der Waals surface area contributed by atoms with Gasteiger partial charge >= 0.3 is 0 Å². The molecule has 0 spiro atoms. The number of hydrogen-bond donors (Lipinski definition) is 1. The van der Waals surface area contributed by atoms with Gasteiger partial charge in [0.25, 0.3) is 0 Å². The maximum Gasteiger partial charge on any atom is 0.236 e. The van der Waals surface area contributed by atoms with E-state index < -0.39 is 0 Å². The fourth-order valence-corrected chi connectivity index (χ4v) is 3.25. The molecule has 0 aliphatic carbocycles. The Morgan fingerprint density at radius 1 is 1.32 bits per heavy atom. The summed E-state index contributed by atoms with van der Waals surface area (Å²) in [6.45, 7) is 7.60. The van der Waals surface area contributed by atoms with Crippen LogP contribution >= 0.6 is 0 Å². The Bertz CT molecular complexity index is 297. The van der Waals surface area contributed by atoms with Crippen LogP contribution in [0.25, 0.3) is 0 Å². The van der Waals surface area contributed by atoms with Crippen molar-refractivity contribution in [2.24, 2.45) is 0 Å². The van der Waals surface area contributed by atoms with Crippen molar-refractivity contribution in [3.8, 4) is 0 Å². The van der Waals surface area contributed by atoms with Crippen LogP contribution in [0.1, 0.15) is 52.4 Å². The number of carbonyl (C=O) groups excluding carboxylic acids is 1. The summed E-state index contributed by atoms with van der Waals surface area (Å²) in [5.41, 5.74) is 0.0343. The molecule has 0 aromatic heterocycles. The first-order valence-electron chi connectivity index (χ1n) is 7.84. The first-order chi connectivity index (χ1) is 9.19. The van der Waals surface area contributed by atoms with E-state index in [0.29, 0.717) is 12.6 Å². The van der Waals surface area contributed by atoms with Gasteiger partial charge in [-0.1, -0.05) is 13.8 Å². The predicted octanol–water partition coefficient (Wildman–Crippen LogP) is 1.94. The van der Waals surface area contributed by atoms with Crippen molar-refractivity contribution in [3.05, 3.63) is 0 Å². The summed E-state index contributed by atoms with van der Waals surface area (Å²) in [6.07, 6.45) is 6.50. The molecule has 2 rings (SSSR count). The lowest BCUT2D eigenvalue weighted by molar-refractivity contribution is -0.130. The molecular formula is C15H28N2O2. The van der Waals surface area contributed by atoms with Gasteiger partial charge in [0, 0.05) is 25.7 Å². The Morgan fingerprint density at radius 3 is 2.63 bits per heavy atom. The minimum atomic E-state index is 0.0343. The minimum Gasteiger partial charge on any atom is -0.375 e. The third-order valence-electron chi connectivity index (χ3n) is 4.78. The Morgan fingerprint density at radius 2 is 2.00 bits per heavy atom. The molecule has 2 heterocycles. The molecule has 1 N–H and O–H groups in total. The molecule has 0 aromatic rings. The fraction of sp³-hybridized carbons (Fsp3) is 0.933. The fourth-order valence-electron chi connectivity index (χ4n) is 3.25. The molecule has 4 heteroatoms. The van der Waals surface area contributed by atoms with Crippen molar-refractivity contribution >= 4 is 5.91 Å². The van der Waals surface area contributed by atoms with Crippen LogP contribution in [-0.2, 0) is 9.53 Å². The average Bonchev–Trinajstić information content (AvgIpc) is 2.99. The molecular weight excluding hydrogens is 240 g/mol. The van der Waals surface area contributed by atoms with Crippen molar-refractivity contribution in [3.63, 3.8) is 0 Å². The zero-order chi connectivity index (χ0) is 13.7. The van der Waals surface area contributed by atoms with Gasteiger partial charge in [-0.2, -0.15) is 0 Å². The zero-order valence-corrected chi connectivity index (χ0v) is 12.4. The van der Waals surface area contributed by atoms with E-state index in [1.54, 1.807) is 0 Å². The van der Waals surface area contributed by atoms with Crippen LogP contribution in [0.5, 0.6) is 0 Å². The lowest BCUT2D eigenvalue weighted by Gasteiger charge is -2.40. The van der Waals surface area contributed by atoms with E-state index in [2.05, 4.69) is 19.2 Å². The average molecular weight is 268 g/mol. The summed E-state index contributed by atoms with van der Waals surface area (Å²) in [5.74, 6) is 0.266. The number of nitrogens with zero attached hydrogens (tertiary/aromatic N) is 1. The number of rotatable bonds is 5. The highest BCUT2D eigenvalue weighted by atomic mass is 16.5. The predicted molar refractivity (Wildman–Crippen MR) is 76.1 cm³/mol. The van der Waals surface area contributed by atoms with Crippen molar-refractivity contribution in [2.45, 2.75) is 64.0 Å². The number of ether oxygens (including phenoxy) is 1. The second-order valence-electron chi connectivity index (χ2n) is 5.90. The third kappa shape index (κ3) is 3.69. The summed E-state index contributed by atoms with van der Waals surface area (Å²) in [5, 5.41) is 3.45. The van der Waals surface area contributed by atoms with Crippen LogP contribution in [0.2, 0.25) is 0 Å². The minimum absolute atomic E-state index is 0.0343. The molecule has 110 valence electrons. The Balaban J connectivity index is 1.77. The first kappa shape index (κ1) is 14.8. The zero-order valence-electron chi connectivity index (χ0n) is 12.4. The van der Waals surface area contributed by atoms with E-state index in [9.17, 15) is 4.79 Å². The Labute approximate surface area is 116 Å². The highest BCUT2D eigenvalue weighted by Crippen LogP contribution is 2.31. The Hall–Kier alpha value is -0.610. The number of likely N-dealkylation sites (tertiary alicyclic amines) is 1. The van der Waals surface area contributed by atoms with Crippen LogP contribution in [0.4, 0.5) is 0 Å². The molecule has 0 bridgehead atoms. The summed E-state index contributed by atoms with van der Waals surface area (Å²) >= 11 is 0. The topological polar surface area (TPSA) is 41.6 Å². The van der Waals surface area contributed by atoms with Crippen molar-refractivity contribution < 1.29 is 9.53 Å². The highest BCUT2D eigenvalue weighted by molar-refractivity contribution is 5.78. The van der Waals surface area contributed by atoms with Gasteiger partial charge in [0.05, 0.1) is 12.1 Å². The molecule has 0 saturated carbocycles. The van der Waals surface area contributed by atoms with E-state index in [1.807, 2.05) is 4.90 Å². The van der Waals surface area contributed by atoms with Crippen molar-refractivity contribution in [1.82, 2.24) is 10.2 Å². The lowest BCUT2D eigenvalue weighted by Crippen LogP contribution is -2.49. The van der Waals surface area contributed by atoms with Gasteiger partial charge in [-0.05, 0) is 38.5 Å². The molecule has 4 nitrogen and oxygen atoms in total. The molecule has 0 aromatic carbocycles. The van der Waals surface area contributed by atoms with Gasteiger partial charge in [-0.25, -0.2) is 0 Å². The second-order valence-corrected chi connectivity index (χ2v) is 5.90. The molecule has 1 unspecified atom stereocenters. The number of amides is 1. The van der Waals surface area contributed by atoms with Crippen molar-refractivity contribution in [1.29, 1.82) is 0 Å². The highest BCUT2D eigenvalue weighted by Gasteiger charge is 2.34. The summed E-state index contributed by atoms with van der Waals surface area (Å²) in [6, 6.07) is 0.431. The van der Waals surface area contributed by atoms with Crippen LogP contribution in [-0.4, -0.2) is 48.7 Å². The monoisotopic (exact) mass is 268 g/mol. The smallest absolute Gasteiger partial charge is 0.236 e. The Kier molecular flexibility index (Phi) is 5.22.